The monoisotopic (exact) mass is 524 g/mol. The summed E-state index contributed by atoms with van der Waals surface area (Å²) >= 11 is 0. The molecule has 38 heavy (non-hydrogen) atoms. The summed E-state index contributed by atoms with van der Waals surface area (Å²) in [6, 6.07) is 0. The number of aliphatic hydroxyl groups is 1. The van der Waals surface area contributed by atoms with Crippen molar-refractivity contribution < 1.29 is 19.4 Å². The molecule has 0 bridgehead atoms. The number of carbonyl (C=O) groups excluding carboxylic acids is 2. The van der Waals surface area contributed by atoms with Crippen molar-refractivity contribution in [2.75, 3.05) is 0 Å². The molecule has 6 rings (SSSR count). The van der Waals surface area contributed by atoms with Gasteiger partial charge < -0.3 is 9.84 Å². The second-order valence-corrected chi connectivity index (χ2v) is 16.6. The summed E-state index contributed by atoms with van der Waals surface area (Å²) in [5.41, 5.74) is 0.632. The van der Waals surface area contributed by atoms with Crippen LogP contribution >= 0.6 is 0 Å². The Hall–Kier alpha value is -1.16. The van der Waals surface area contributed by atoms with Gasteiger partial charge in [0.05, 0.1) is 11.5 Å². The minimum atomic E-state index is -0.465. The van der Waals surface area contributed by atoms with Gasteiger partial charge in [-0.05, 0) is 129 Å². The molecule has 0 heterocycles. The molecule has 6 aliphatic rings. The molecule has 0 aromatic carbocycles. The maximum atomic E-state index is 14.4. The molecule has 1 N–H and O–H groups in total. The second kappa shape index (κ2) is 8.20. The fourth-order valence-corrected chi connectivity index (χ4v) is 11.1. The zero-order chi connectivity index (χ0) is 27.5. The molecule has 9 atom stereocenters. The highest BCUT2D eigenvalue weighted by atomic mass is 16.5. The molecule has 0 aromatic rings. The van der Waals surface area contributed by atoms with Crippen molar-refractivity contribution in [2.24, 2.45) is 50.2 Å². The van der Waals surface area contributed by atoms with Gasteiger partial charge >= 0.3 is 5.97 Å². The van der Waals surface area contributed by atoms with E-state index in [2.05, 4.69) is 54.5 Å². The molecule has 4 heteroatoms. The van der Waals surface area contributed by atoms with Crippen molar-refractivity contribution in [3.05, 3.63) is 11.6 Å². The highest BCUT2D eigenvalue weighted by Gasteiger charge is 2.70. The number of hydrogen-bond donors (Lipinski definition) is 1. The summed E-state index contributed by atoms with van der Waals surface area (Å²) in [6.45, 7) is 16.3. The van der Waals surface area contributed by atoms with E-state index >= 15 is 0 Å². The lowest BCUT2D eigenvalue weighted by Gasteiger charge is -2.70. The zero-order valence-electron chi connectivity index (χ0n) is 25.1. The first-order valence-corrected chi connectivity index (χ1v) is 15.8. The maximum Gasteiger partial charge on any atom is 0.312 e. The number of aliphatic hydroxyl groups excluding tert-OH is 1. The minimum absolute atomic E-state index is 0.000588. The smallest absolute Gasteiger partial charge is 0.312 e. The van der Waals surface area contributed by atoms with Crippen molar-refractivity contribution in [2.45, 2.75) is 138 Å². The van der Waals surface area contributed by atoms with Crippen LogP contribution in [0.1, 0.15) is 126 Å². The third kappa shape index (κ3) is 3.37. The molecule has 4 nitrogen and oxygen atoms in total. The topological polar surface area (TPSA) is 63.6 Å². The average molecular weight is 525 g/mol. The van der Waals surface area contributed by atoms with E-state index in [4.69, 9.17) is 4.74 Å². The summed E-state index contributed by atoms with van der Waals surface area (Å²) < 4.78 is 5.98. The summed E-state index contributed by atoms with van der Waals surface area (Å²) in [5.74, 6) is 0.933. The number of hydrogen-bond acceptors (Lipinski definition) is 4. The fraction of sp³-hybridized carbons (Fsp3) is 0.882. The number of ether oxygens (including phenoxy) is 1. The normalized spacial score (nSPS) is 51.9. The number of esters is 1. The van der Waals surface area contributed by atoms with E-state index in [1.807, 2.05) is 0 Å². The molecule has 0 spiro atoms. The molecule has 0 unspecified atom stereocenters. The Balaban J connectivity index is 1.38. The summed E-state index contributed by atoms with van der Waals surface area (Å²) in [5, 5.41) is 10.9. The first-order valence-electron chi connectivity index (χ1n) is 15.8. The quantitative estimate of drug-likeness (QED) is 0.382. The Morgan fingerprint density at radius 3 is 2.24 bits per heavy atom. The van der Waals surface area contributed by atoms with Crippen molar-refractivity contribution in [1.82, 2.24) is 0 Å². The zero-order valence-corrected chi connectivity index (χ0v) is 25.1. The van der Waals surface area contributed by atoms with E-state index in [0.717, 1.165) is 64.2 Å². The van der Waals surface area contributed by atoms with Gasteiger partial charge in [-0.25, -0.2) is 0 Å². The van der Waals surface area contributed by atoms with Crippen LogP contribution in [0.25, 0.3) is 0 Å². The van der Waals surface area contributed by atoms with Gasteiger partial charge in [0.2, 0.25) is 0 Å². The van der Waals surface area contributed by atoms with Gasteiger partial charge in [0.25, 0.3) is 0 Å². The van der Waals surface area contributed by atoms with Crippen LogP contribution < -0.4 is 0 Å². The number of rotatable bonds is 2. The first kappa shape index (κ1) is 27.0. The van der Waals surface area contributed by atoms with Crippen LogP contribution in [0.15, 0.2) is 11.6 Å². The molecule has 212 valence electrons. The molecule has 5 fully saturated rings. The Morgan fingerprint density at radius 1 is 0.895 bits per heavy atom. The molecular formula is C34H52O4. The first-order chi connectivity index (χ1) is 17.6. The largest absolute Gasteiger partial charge is 0.462 e. The van der Waals surface area contributed by atoms with Gasteiger partial charge in [0.15, 0.2) is 5.78 Å². The number of fused-ring (bicyclic) bond motifs is 7. The summed E-state index contributed by atoms with van der Waals surface area (Å²) in [4.78, 5) is 27.9. The Bertz CT molecular complexity index is 1070. The third-order valence-corrected chi connectivity index (χ3v) is 14.4. The van der Waals surface area contributed by atoms with Gasteiger partial charge in [0, 0.05) is 5.92 Å². The van der Waals surface area contributed by atoms with Crippen molar-refractivity contribution in [1.29, 1.82) is 0 Å². The lowest BCUT2D eigenvalue weighted by molar-refractivity contribution is -0.202. The van der Waals surface area contributed by atoms with Crippen LogP contribution in [0, 0.1) is 50.2 Å². The Morgan fingerprint density at radius 2 is 1.58 bits per heavy atom. The lowest BCUT2D eigenvalue weighted by Crippen LogP contribution is -2.66. The summed E-state index contributed by atoms with van der Waals surface area (Å²) in [6.07, 6.45) is 14.0. The second-order valence-electron chi connectivity index (χ2n) is 16.6. The van der Waals surface area contributed by atoms with Gasteiger partial charge in [-0.3, -0.25) is 9.59 Å². The number of ketones is 1. The van der Waals surface area contributed by atoms with Crippen molar-refractivity contribution in [3.8, 4) is 0 Å². The van der Waals surface area contributed by atoms with E-state index < -0.39 is 5.41 Å². The number of allylic oxidation sites excluding steroid dienone is 2. The van der Waals surface area contributed by atoms with E-state index in [-0.39, 0.29) is 57.1 Å². The molecular weight excluding hydrogens is 472 g/mol. The van der Waals surface area contributed by atoms with E-state index in [1.165, 1.54) is 18.4 Å². The van der Waals surface area contributed by atoms with Gasteiger partial charge in [0.1, 0.15) is 6.10 Å². The molecule has 0 amide bonds. The third-order valence-electron chi connectivity index (χ3n) is 14.4. The molecule has 0 radical (unpaired) electrons. The molecule has 0 aromatic heterocycles. The summed E-state index contributed by atoms with van der Waals surface area (Å²) in [7, 11) is 0. The average Bonchev–Trinajstić information content (AvgIpc) is 2.81. The fourth-order valence-electron chi connectivity index (χ4n) is 11.1. The van der Waals surface area contributed by atoms with Crippen LogP contribution in [0.3, 0.4) is 0 Å². The van der Waals surface area contributed by atoms with Crippen LogP contribution in [0.2, 0.25) is 0 Å². The predicted octanol–water partition coefficient (Wildman–Crippen LogP) is 7.42. The van der Waals surface area contributed by atoms with Gasteiger partial charge in [-0.1, -0.05) is 47.1 Å². The Kier molecular flexibility index (Phi) is 5.83. The van der Waals surface area contributed by atoms with E-state index in [1.54, 1.807) is 0 Å². The van der Waals surface area contributed by atoms with Gasteiger partial charge in [-0.2, -0.15) is 0 Å². The number of carbonyl (C=O) groups is 2. The lowest BCUT2D eigenvalue weighted by atomic mass is 9.33. The maximum absolute atomic E-state index is 14.4. The molecule has 5 saturated carbocycles. The minimum Gasteiger partial charge on any atom is -0.462 e. The molecule has 0 aliphatic heterocycles. The predicted molar refractivity (Wildman–Crippen MR) is 149 cm³/mol. The SMILES string of the molecule is CC1(C)[C@@H](O)CC[C@]2(C)[C@H]3C(=O)C=C4[C@@H]5C[C@@](C)(C(=O)OC6CCC6)CC[C@]5(C)CC[C@@]4(C)[C@]3(C)CC[C@@H]12. The van der Waals surface area contributed by atoms with Crippen LogP contribution in [0.4, 0.5) is 0 Å². The van der Waals surface area contributed by atoms with Gasteiger partial charge in [-0.15, -0.1) is 0 Å². The highest BCUT2D eigenvalue weighted by molar-refractivity contribution is 5.95. The van der Waals surface area contributed by atoms with Crippen molar-refractivity contribution >= 4 is 11.8 Å². The standard InChI is InChI=1S/C34H52O4/c1-29(2)25-11-14-34(7)27(32(25,5)13-12-26(29)36)24(35)19-22-23-20-31(4,28(37)38-21-9-8-10-21)16-15-30(23,3)17-18-33(22,34)6/h19,21,23,25-27,36H,8-18,20H2,1-7H3/t23-,25-,26-,27+,30+,31-,32-,33+,34+/m0/s1. The highest BCUT2D eigenvalue weighted by Crippen LogP contribution is 2.75. The van der Waals surface area contributed by atoms with Crippen LogP contribution in [0.5, 0.6) is 0 Å². The molecule has 6 aliphatic carbocycles. The Labute approximate surface area is 230 Å². The van der Waals surface area contributed by atoms with Crippen LogP contribution in [-0.4, -0.2) is 29.1 Å². The van der Waals surface area contributed by atoms with Crippen molar-refractivity contribution in [3.63, 3.8) is 0 Å². The molecule has 0 saturated heterocycles. The van der Waals surface area contributed by atoms with E-state index in [9.17, 15) is 14.7 Å². The van der Waals surface area contributed by atoms with E-state index in [0.29, 0.717) is 11.7 Å². The van der Waals surface area contributed by atoms with Crippen LogP contribution in [-0.2, 0) is 14.3 Å².